The van der Waals surface area contributed by atoms with Gasteiger partial charge in [0.15, 0.2) is 10.6 Å². The molecule has 30 heavy (non-hydrogen) atoms. The molecule has 2 fully saturated rings. The van der Waals surface area contributed by atoms with Crippen LogP contribution in [0, 0.1) is 10.6 Å². The Labute approximate surface area is 180 Å². The number of carbonyl (C=O) groups excluding carboxylic acids is 1. The maximum absolute atomic E-state index is 13.2. The highest BCUT2D eigenvalue weighted by Gasteiger charge is 2.24. The van der Waals surface area contributed by atoms with Crippen molar-refractivity contribution in [1.82, 2.24) is 29.0 Å². The van der Waals surface area contributed by atoms with Crippen molar-refractivity contribution in [2.75, 3.05) is 59.0 Å². The molecule has 0 spiro atoms. The van der Waals surface area contributed by atoms with Gasteiger partial charge in [0.05, 0.1) is 26.4 Å². The van der Waals surface area contributed by atoms with Gasteiger partial charge in [-0.25, -0.2) is 9.07 Å². The Bertz CT molecular complexity index is 930. The number of amides is 1. The Balaban J connectivity index is 1.34. The van der Waals surface area contributed by atoms with E-state index < -0.39 is 0 Å². The lowest BCUT2D eigenvalue weighted by Crippen LogP contribution is -2.52. The van der Waals surface area contributed by atoms with Gasteiger partial charge in [-0.1, -0.05) is 0 Å². The number of aromatic nitrogens is 3. The highest BCUT2D eigenvalue weighted by molar-refractivity contribution is 7.71. The fourth-order valence-electron chi connectivity index (χ4n) is 3.81. The Morgan fingerprint density at radius 2 is 1.73 bits per heavy atom. The van der Waals surface area contributed by atoms with Gasteiger partial charge in [0.2, 0.25) is 5.91 Å². The van der Waals surface area contributed by atoms with Crippen LogP contribution in [0.2, 0.25) is 0 Å². The van der Waals surface area contributed by atoms with Gasteiger partial charge in [0.25, 0.3) is 0 Å². The number of benzene rings is 1. The molecular formula is C20H27FN6O2S. The average molecular weight is 435 g/mol. The lowest BCUT2D eigenvalue weighted by atomic mass is 10.2. The summed E-state index contributed by atoms with van der Waals surface area (Å²) in [7, 11) is 1.87. The minimum atomic E-state index is -0.277. The molecule has 1 aromatic carbocycles. The summed E-state index contributed by atoms with van der Waals surface area (Å²) >= 11 is 5.55. The van der Waals surface area contributed by atoms with Gasteiger partial charge in [-0.05, 0) is 36.5 Å². The second kappa shape index (κ2) is 9.34. The predicted octanol–water partition coefficient (Wildman–Crippen LogP) is 1.19. The minimum absolute atomic E-state index is 0.185. The summed E-state index contributed by atoms with van der Waals surface area (Å²) in [6, 6.07) is 6.25. The Morgan fingerprint density at radius 1 is 1.07 bits per heavy atom. The monoisotopic (exact) mass is 434 g/mol. The van der Waals surface area contributed by atoms with Crippen molar-refractivity contribution in [3.8, 4) is 11.4 Å². The summed E-state index contributed by atoms with van der Waals surface area (Å²) in [5.41, 5.74) is 0.822. The van der Waals surface area contributed by atoms with Gasteiger partial charge in [-0.3, -0.25) is 14.6 Å². The SMILES string of the molecule is Cn1c(-c2ccc(F)cc2)nn(CN2CCN(C(=O)CN3CCOCC3)CC2)c1=S. The highest BCUT2D eigenvalue weighted by Crippen LogP contribution is 2.18. The van der Waals surface area contributed by atoms with Gasteiger partial charge in [0, 0.05) is 51.9 Å². The molecule has 3 heterocycles. The zero-order valence-electron chi connectivity index (χ0n) is 17.2. The van der Waals surface area contributed by atoms with E-state index in [1.54, 1.807) is 16.8 Å². The Hall–Kier alpha value is -2.14. The maximum atomic E-state index is 13.2. The van der Waals surface area contributed by atoms with E-state index >= 15 is 0 Å². The summed E-state index contributed by atoms with van der Waals surface area (Å²) in [6.45, 7) is 7.03. The third-order valence-electron chi connectivity index (χ3n) is 5.66. The van der Waals surface area contributed by atoms with Gasteiger partial charge in [-0.15, -0.1) is 0 Å². The number of rotatable bonds is 5. The first-order valence-corrected chi connectivity index (χ1v) is 10.6. The van der Waals surface area contributed by atoms with Crippen molar-refractivity contribution in [2.45, 2.75) is 6.67 Å². The molecule has 2 aliphatic rings. The fourth-order valence-corrected chi connectivity index (χ4v) is 3.99. The van der Waals surface area contributed by atoms with E-state index in [2.05, 4.69) is 14.9 Å². The molecule has 0 aliphatic carbocycles. The van der Waals surface area contributed by atoms with Gasteiger partial charge >= 0.3 is 0 Å². The van der Waals surface area contributed by atoms with E-state index in [9.17, 15) is 9.18 Å². The van der Waals surface area contributed by atoms with Gasteiger partial charge < -0.3 is 14.2 Å². The summed E-state index contributed by atoms with van der Waals surface area (Å²) in [6.07, 6.45) is 0. The molecule has 10 heteroatoms. The van der Waals surface area contributed by atoms with Gasteiger partial charge in [-0.2, -0.15) is 5.10 Å². The second-order valence-corrected chi connectivity index (χ2v) is 8.07. The lowest BCUT2D eigenvalue weighted by Gasteiger charge is -2.36. The zero-order valence-corrected chi connectivity index (χ0v) is 18.0. The molecule has 4 rings (SSSR count). The third-order valence-corrected chi connectivity index (χ3v) is 6.15. The van der Waals surface area contributed by atoms with E-state index in [1.807, 2.05) is 16.5 Å². The van der Waals surface area contributed by atoms with Crippen LogP contribution < -0.4 is 0 Å². The van der Waals surface area contributed by atoms with Crippen LogP contribution in [-0.4, -0.2) is 94.0 Å². The number of piperazine rings is 1. The summed E-state index contributed by atoms with van der Waals surface area (Å²) in [5, 5.41) is 4.65. The highest BCUT2D eigenvalue weighted by atomic mass is 32.1. The van der Waals surface area contributed by atoms with E-state index in [4.69, 9.17) is 17.0 Å². The van der Waals surface area contributed by atoms with Crippen LogP contribution in [0.3, 0.4) is 0 Å². The topological polar surface area (TPSA) is 58.8 Å². The molecule has 1 aromatic heterocycles. The fraction of sp³-hybridized carbons (Fsp3) is 0.550. The number of carbonyl (C=O) groups is 1. The van der Waals surface area contributed by atoms with E-state index in [-0.39, 0.29) is 11.7 Å². The first-order chi connectivity index (χ1) is 14.5. The van der Waals surface area contributed by atoms with Crippen molar-refractivity contribution in [2.24, 2.45) is 7.05 Å². The summed E-state index contributed by atoms with van der Waals surface area (Å²) in [5.74, 6) is 0.615. The molecule has 162 valence electrons. The quantitative estimate of drug-likeness (QED) is 0.659. The van der Waals surface area contributed by atoms with Crippen LogP contribution in [0.4, 0.5) is 4.39 Å². The van der Waals surface area contributed by atoms with Crippen LogP contribution in [-0.2, 0) is 23.2 Å². The molecule has 2 saturated heterocycles. The number of morpholine rings is 1. The summed E-state index contributed by atoms with van der Waals surface area (Å²) < 4.78 is 22.8. The third kappa shape index (κ3) is 4.77. The number of hydrogen-bond acceptors (Lipinski definition) is 6. The van der Waals surface area contributed by atoms with Crippen LogP contribution in [0.25, 0.3) is 11.4 Å². The molecule has 0 saturated carbocycles. The summed E-state index contributed by atoms with van der Waals surface area (Å²) in [4.78, 5) is 18.9. The van der Waals surface area contributed by atoms with Crippen molar-refractivity contribution >= 4 is 18.1 Å². The second-order valence-electron chi connectivity index (χ2n) is 7.70. The molecule has 0 N–H and O–H groups in total. The zero-order chi connectivity index (χ0) is 21.1. The molecule has 2 aliphatic heterocycles. The molecule has 0 unspecified atom stereocenters. The smallest absolute Gasteiger partial charge is 0.236 e. The molecule has 1 amide bonds. The van der Waals surface area contributed by atoms with E-state index in [0.29, 0.717) is 50.1 Å². The van der Waals surface area contributed by atoms with Crippen LogP contribution in [0.15, 0.2) is 24.3 Å². The first kappa shape index (κ1) is 21.1. The number of nitrogens with zero attached hydrogens (tertiary/aromatic N) is 6. The largest absolute Gasteiger partial charge is 0.379 e. The average Bonchev–Trinajstić information content (AvgIpc) is 3.04. The molecule has 0 radical (unpaired) electrons. The normalized spacial score (nSPS) is 18.7. The standard InChI is InChI=1S/C20H27FN6O2S/c1-23-19(16-2-4-17(21)5-3-16)22-27(20(23)30)15-25-6-8-26(9-7-25)18(28)14-24-10-12-29-13-11-24/h2-5H,6-15H2,1H3. The van der Waals surface area contributed by atoms with Crippen molar-refractivity contribution in [3.05, 3.63) is 34.9 Å². The minimum Gasteiger partial charge on any atom is -0.379 e. The first-order valence-electron chi connectivity index (χ1n) is 10.2. The molecule has 0 atom stereocenters. The van der Waals surface area contributed by atoms with Crippen LogP contribution in [0.1, 0.15) is 0 Å². The van der Waals surface area contributed by atoms with Crippen LogP contribution in [0.5, 0.6) is 0 Å². The van der Waals surface area contributed by atoms with Crippen molar-refractivity contribution < 1.29 is 13.9 Å². The van der Waals surface area contributed by atoms with E-state index in [0.717, 1.165) is 31.7 Å². The van der Waals surface area contributed by atoms with Crippen LogP contribution >= 0.6 is 12.2 Å². The number of ether oxygens (including phenoxy) is 1. The maximum Gasteiger partial charge on any atom is 0.236 e. The van der Waals surface area contributed by atoms with Gasteiger partial charge in [0.1, 0.15) is 5.82 Å². The lowest BCUT2D eigenvalue weighted by molar-refractivity contribution is -0.135. The van der Waals surface area contributed by atoms with Crippen molar-refractivity contribution in [1.29, 1.82) is 0 Å². The molecular weight excluding hydrogens is 407 g/mol. The Kier molecular flexibility index (Phi) is 6.57. The number of halogens is 1. The molecule has 2 aromatic rings. The molecule has 0 bridgehead atoms. The van der Waals surface area contributed by atoms with Crippen molar-refractivity contribution in [3.63, 3.8) is 0 Å². The number of hydrogen-bond donors (Lipinski definition) is 0. The molecule has 8 nitrogen and oxygen atoms in total. The van der Waals surface area contributed by atoms with E-state index in [1.165, 1.54) is 12.1 Å². The predicted molar refractivity (Wildman–Crippen MR) is 113 cm³/mol. The Morgan fingerprint density at radius 3 is 2.40 bits per heavy atom.